The maximum absolute atomic E-state index is 12.6. The average Bonchev–Trinajstić information content (AvgIpc) is 3.25. The molecule has 23 heavy (non-hydrogen) atoms. The van der Waals surface area contributed by atoms with Gasteiger partial charge < -0.3 is 15.2 Å². The molecule has 1 aliphatic rings. The minimum atomic E-state index is -0.207. The van der Waals surface area contributed by atoms with E-state index in [1.54, 1.807) is 6.20 Å². The Bertz CT molecular complexity index is 832. The number of fused-ring (bicyclic) bond motifs is 1. The smallest absolute Gasteiger partial charge is 0.260 e. The Morgan fingerprint density at radius 1 is 1.30 bits per heavy atom. The van der Waals surface area contributed by atoms with Crippen LogP contribution in [0.3, 0.4) is 0 Å². The number of aromatic nitrogens is 3. The van der Waals surface area contributed by atoms with Gasteiger partial charge in [0.1, 0.15) is 11.8 Å². The summed E-state index contributed by atoms with van der Waals surface area (Å²) in [4.78, 5) is 12.6. The molecule has 7 heteroatoms. The Morgan fingerprint density at radius 3 is 3.04 bits per heavy atom. The number of H-pyrrole nitrogens is 1. The molecular weight excluding hydrogens is 294 g/mol. The number of anilines is 1. The Labute approximate surface area is 132 Å². The fourth-order valence-corrected chi connectivity index (χ4v) is 3.07. The molecule has 0 radical (unpaired) electrons. The third-order valence-corrected chi connectivity index (χ3v) is 4.29. The van der Waals surface area contributed by atoms with Crippen molar-refractivity contribution in [3.63, 3.8) is 0 Å². The third kappa shape index (κ3) is 2.59. The Balaban J connectivity index is 1.60. The van der Waals surface area contributed by atoms with Crippen molar-refractivity contribution in [2.75, 3.05) is 18.4 Å². The first-order valence-corrected chi connectivity index (χ1v) is 7.71. The Kier molecular flexibility index (Phi) is 3.55. The summed E-state index contributed by atoms with van der Waals surface area (Å²) in [7, 11) is 0. The van der Waals surface area contributed by atoms with E-state index in [1.165, 1.54) is 6.26 Å². The quantitative estimate of drug-likeness (QED) is 0.689. The number of carbonyl (C=O) groups excluding carboxylic acids is 1. The lowest BCUT2D eigenvalue weighted by Crippen LogP contribution is -2.28. The molecule has 4 rings (SSSR count). The summed E-state index contributed by atoms with van der Waals surface area (Å²) >= 11 is 0. The van der Waals surface area contributed by atoms with E-state index in [2.05, 4.69) is 26.0 Å². The van der Waals surface area contributed by atoms with Gasteiger partial charge in [-0.3, -0.25) is 9.89 Å². The molecule has 0 saturated carbocycles. The summed E-state index contributed by atoms with van der Waals surface area (Å²) in [5.41, 5.74) is 2.76. The Morgan fingerprint density at radius 2 is 2.17 bits per heavy atom. The second kappa shape index (κ2) is 5.85. The van der Waals surface area contributed by atoms with Crippen LogP contribution < -0.4 is 10.6 Å². The molecule has 0 bridgehead atoms. The predicted octanol–water partition coefficient (Wildman–Crippen LogP) is 2.27. The van der Waals surface area contributed by atoms with Gasteiger partial charge in [-0.1, -0.05) is 17.3 Å². The molecular formula is C16H17N5O2. The molecule has 1 amide bonds. The molecule has 118 valence electrons. The van der Waals surface area contributed by atoms with E-state index in [-0.39, 0.29) is 11.8 Å². The lowest BCUT2D eigenvalue weighted by molar-refractivity contribution is 0.102. The van der Waals surface area contributed by atoms with E-state index in [4.69, 9.17) is 4.52 Å². The summed E-state index contributed by atoms with van der Waals surface area (Å²) in [6, 6.07) is 5.67. The van der Waals surface area contributed by atoms with Gasteiger partial charge in [-0.05, 0) is 32.0 Å². The predicted molar refractivity (Wildman–Crippen MR) is 85.4 cm³/mol. The normalized spacial score (nSPS) is 15.8. The van der Waals surface area contributed by atoms with Crippen LogP contribution in [0.25, 0.3) is 10.9 Å². The molecule has 1 aromatic carbocycles. The summed E-state index contributed by atoms with van der Waals surface area (Å²) in [5.74, 6) is 0.0561. The molecule has 3 aromatic rings. The number of para-hydroxylation sites is 1. The van der Waals surface area contributed by atoms with Gasteiger partial charge in [0.15, 0.2) is 0 Å². The van der Waals surface area contributed by atoms with Crippen LogP contribution in [-0.2, 0) is 0 Å². The number of hydrogen-bond donors (Lipinski definition) is 3. The van der Waals surface area contributed by atoms with E-state index in [1.807, 2.05) is 18.2 Å². The molecule has 1 aliphatic heterocycles. The van der Waals surface area contributed by atoms with Gasteiger partial charge in [0, 0.05) is 11.3 Å². The van der Waals surface area contributed by atoms with Crippen LogP contribution in [-0.4, -0.2) is 34.4 Å². The summed E-state index contributed by atoms with van der Waals surface area (Å²) < 4.78 is 5.08. The van der Waals surface area contributed by atoms with E-state index >= 15 is 0 Å². The van der Waals surface area contributed by atoms with Crippen LogP contribution in [0.2, 0.25) is 0 Å². The fourth-order valence-electron chi connectivity index (χ4n) is 3.07. The number of aromatic amines is 1. The van der Waals surface area contributed by atoms with Gasteiger partial charge in [-0.25, -0.2) is 0 Å². The number of nitrogens with one attached hydrogen (secondary N) is 3. The van der Waals surface area contributed by atoms with Crippen molar-refractivity contribution in [3.8, 4) is 0 Å². The van der Waals surface area contributed by atoms with E-state index < -0.39 is 0 Å². The number of carbonyl (C=O) groups is 1. The first-order chi connectivity index (χ1) is 11.3. The van der Waals surface area contributed by atoms with Crippen LogP contribution in [0.4, 0.5) is 5.69 Å². The molecule has 1 fully saturated rings. The first-order valence-electron chi connectivity index (χ1n) is 7.71. The topological polar surface area (TPSA) is 95.8 Å². The maximum Gasteiger partial charge on any atom is 0.260 e. The van der Waals surface area contributed by atoms with Crippen molar-refractivity contribution in [2.24, 2.45) is 0 Å². The van der Waals surface area contributed by atoms with Crippen LogP contribution in [0.1, 0.15) is 34.8 Å². The number of amides is 1. The summed E-state index contributed by atoms with van der Waals surface area (Å²) in [6.07, 6.45) is 5.08. The minimum absolute atomic E-state index is 0.207. The fraction of sp³-hybridized carbons (Fsp3) is 0.312. The largest absolute Gasteiger partial charge is 0.364 e. The highest BCUT2D eigenvalue weighted by molar-refractivity contribution is 6.08. The Hall–Kier alpha value is -2.67. The number of rotatable bonds is 3. The molecule has 0 atom stereocenters. The van der Waals surface area contributed by atoms with Gasteiger partial charge in [-0.15, -0.1) is 0 Å². The van der Waals surface area contributed by atoms with E-state index in [0.717, 1.165) is 42.5 Å². The second-order valence-electron chi connectivity index (χ2n) is 5.73. The van der Waals surface area contributed by atoms with Crippen LogP contribution in [0.15, 0.2) is 35.2 Å². The first kappa shape index (κ1) is 14.0. The molecule has 0 aliphatic carbocycles. The summed E-state index contributed by atoms with van der Waals surface area (Å²) in [6.45, 7) is 1.87. The molecule has 2 aromatic heterocycles. The molecule has 3 heterocycles. The molecule has 0 spiro atoms. The second-order valence-corrected chi connectivity index (χ2v) is 5.73. The highest BCUT2D eigenvalue weighted by Crippen LogP contribution is 2.28. The van der Waals surface area contributed by atoms with E-state index in [9.17, 15) is 4.79 Å². The zero-order chi connectivity index (χ0) is 15.6. The number of hydrogen-bond acceptors (Lipinski definition) is 5. The molecule has 7 nitrogen and oxygen atoms in total. The van der Waals surface area contributed by atoms with Crippen molar-refractivity contribution in [1.29, 1.82) is 0 Å². The molecule has 1 saturated heterocycles. The minimum Gasteiger partial charge on any atom is -0.364 e. The lowest BCUT2D eigenvalue weighted by Gasteiger charge is -2.21. The molecule has 3 N–H and O–H groups in total. The van der Waals surface area contributed by atoms with Gasteiger partial charge in [0.2, 0.25) is 0 Å². The zero-order valence-electron chi connectivity index (χ0n) is 12.5. The maximum atomic E-state index is 12.6. The van der Waals surface area contributed by atoms with Crippen LogP contribution in [0, 0.1) is 0 Å². The standard InChI is InChI=1S/C16H17N5O2/c22-16(19-13-3-1-2-11-8-18-20-15(11)13)12-9-23-21-14(12)10-4-6-17-7-5-10/h1-3,8-10,17H,4-7H2,(H,18,20)(H,19,22). The highest BCUT2D eigenvalue weighted by Gasteiger charge is 2.25. The van der Waals surface area contributed by atoms with Gasteiger partial charge in [0.25, 0.3) is 5.91 Å². The van der Waals surface area contributed by atoms with Crippen molar-refractivity contribution >= 4 is 22.5 Å². The number of nitrogens with zero attached hydrogens (tertiary/aromatic N) is 2. The summed E-state index contributed by atoms with van der Waals surface area (Å²) in [5, 5.41) is 18.2. The lowest BCUT2D eigenvalue weighted by atomic mass is 9.92. The monoisotopic (exact) mass is 311 g/mol. The van der Waals surface area contributed by atoms with Crippen molar-refractivity contribution < 1.29 is 9.32 Å². The highest BCUT2D eigenvalue weighted by atomic mass is 16.5. The van der Waals surface area contributed by atoms with Crippen molar-refractivity contribution in [1.82, 2.24) is 20.7 Å². The van der Waals surface area contributed by atoms with Gasteiger partial charge in [0.05, 0.1) is 23.1 Å². The van der Waals surface area contributed by atoms with Crippen LogP contribution >= 0.6 is 0 Å². The SMILES string of the molecule is O=C(Nc1cccc2cn[nH]c12)c1conc1C1CCNCC1. The van der Waals surface area contributed by atoms with Crippen molar-refractivity contribution in [3.05, 3.63) is 41.9 Å². The van der Waals surface area contributed by atoms with Crippen LogP contribution in [0.5, 0.6) is 0 Å². The zero-order valence-corrected chi connectivity index (χ0v) is 12.5. The van der Waals surface area contributed by atoms with Gasteiger partial charge >= 0.3 is 0 Å². The average molecular weight is 311 g/mol. The van der Waals surface area contributed by atoms with E-state index in [0.29, 0.717) is 11.3 Å². The third-order valence-electron chi connectivity index (χ3n) is 4.29. The number of benzene rings is 1. The molecule has 0 unspecified atom stereocenters. The van der Waals surface area contributed by atoms with Crippen molar-refractivity contribution in [2.45, 2.75) is 18.8 Å². The van der Waals surface area contributed by atoms with Gasteiger partial charge in [-0.2, -0.15) is 5.10 Å². The number of piperidine rings is 1.